The molecule has 1 aromatic heterocycles. The number of alkyl halides is 3. The summed E-state index contributed by atoms with van der Waals surface area (Å²) < 4.78 is 65.4. The Bertz CT molecular complexity index is 1470. The van der Waals surface area contributed by atoms with E-state index < -0.39 is 30.0 Å². The third-order valence-electron chi connectivity index (χ3n) is 8.55. The Morgan fingerprint density at radius 3 is 2.67 bits per heavy atom. The predicted molar refractivity (Wildman–Crippen MR) is 158 cm³/mol. The Kier molecular flexibility index (Phi) is 9.11. The lowest BCUT2D eigenvalue weighted by atomic mass is 9.97. The molecule has 2 fully saturated rings. The number of hydrogen-bond acceptors (Lipinski definition) is 9. The number of ether oxygens (including phenoxy) is 2. The van der Waals surface area contributed by atoms with Crippen molar-refractivity contribution in [3.05, 3.63) is 47.9 Å². The number of amides is 1. The molecule has 0 spiro atoms. The minimum atomic E-state index is -5.00. The number of nitriles is 1. The van der Waals surface area contributed by atoms with Crippen molar-refractivity contribution in [3.8, 4) is 17.8 Å². The summed E-state index contributed by atoms with van der Waals surface area (Å²) in [4.78, 5) is 29.3. The van der Waals surface area contributed by atoms with Crippen LogP contribution in [0.15, 0.2) is 30.9 Å². The van der Waals surface area contributed by atoms with Crippen LogP contribution in [0.1, 0.15) is 37.4 Å². The average molecular weight is 632 g/mol. The Morgan fingerprint density at radius 2 is 2.02 bits per heavy atom. The van der Waals surface area contributed by atoms with E-state index in [1.54, 1.807) is 11.8 Å². The van der Waals surface area contributed by atoms with E-state index in [9.17, 15) is 23.2 Å². The summed E-state index contributed by atoms with van der Waals surface area (Å²) >= 11 is 0. The minimum absolute atomic E-state index is 0.0170. The molecule has 3 aliphatic rings. The van der Waals surface area contributed by atoms with Gasteiger partial charge in [0.2, 0.25) is 5.91 Å². The van der Waals surface area contributed by atoms with Gasteiger partial charge in [0.05, 0.1) is 37.4 Å². The van der Waals surface area contributed by atoms with Gasteiger partial charge in [0.15, 0.2) is 5.75 Å². The van der Waals surface area contributed by atoms with E-state index in [0.29, 0.717) is 44.2 Å². The summed E-state index contributed by atoms with van der Waals surface area (Å²) in [7, 11) is 3.99. The number of piperazine rings is 1. The van der Waals surface area contributed by atoms with Gasteiger partial charge in [-0.05, 0) is 58.5 Å². The van der Waals surface area contributed by atoms with E-state index in [0.717, 1.165) is 37.1 Å². The maximum Gasteiger partial charge on any atom is 0.573 e. The molecule has 0 bridgehead atoms. The lowest BCUT2D eigenvalue weighted by molar-refractivity contribution is -0.274. The molecule has 0 N–H and O–H groups in total. The topological polar surface area (TPSA) is 98.1 Å². The molecule has 1 saturated carbocycles. The molecule has 242 valence electrons. The lowest BCUT2D eigenvalue weighted by Gasteiger charge is -2.43. The molecule has 1 aliphatic carbocycles. The first-order chi connectivity index (χ1) is 21.3. The number of aromatic nitrogens is 2. The van der Waals surface area contributed by atoms with Crippen LogP contribution in [-0.2, 0) is 17.8 Å². The van der Waals surface area contributed by atoms with E-state index in [2.05, 4.69) is 22.3 Å². The minimum Gasteiger partial charge on any atom is -0.463 e. The van der Waals surface area contributed by atoms with Crippen LogP contribution in [-0.4, -0.2) is 91.0 Å². The van der Waals surface area contributed by atoms with Crippen LogP contribution in [0.5, 0.6) is 11.8 Å². The number of fused-ring (bicyclic) bond motifs is 1. The summed E-state index contributed by atoms with van der Waals surface area (Å²) in [6.07, 6.45) is -1.37. The number of rotatable bonds is 10. The van der Waals surface area contributed by atoms with Gasteiger partial charge in [-0.25, -0.2) is 4.39 Å². The van der Waals surface area contributed by atoms with Crippen LogP contribution in [0.3, 0.4) is 0 Å². The molecular formula is C31H37F4N7O3. The zero-order valence-corrected chi connectivity index (χ0v) is 25.6. The van der Waals surface area contributed by atoms with Crippen molar-refractivity contribution in [2.75, 3.05) is 56.7 Å². The lowest BCUT2D eigenvalue weighted by Crippen LogP contribution is -2.55. The second kappa shape index (κ2) is 12.7. The fraction of sp³-hybridized carbons (Fsp3) is 0.548. The molecule has 2 aliphatic heterocycles. The fourth-order valence-electron chi connectivity index (χ4n) is 6.31. The first kappa shape index (κ1) is 32.3. The molecule has 2 aromatic rings. The molecule has 0 radical (unpaired) electrons. The van der Waals surface area contributed by atoms with Gasteiger partial charge in [0.1, 0.15) is 17.3 Å². The monoisotopic (exact) mass is 631 g/mol. The Balaban J connectivity index is 1.52. The number of benzene rings is 1. The quantitative estimate of drug-likeness (QED) is 0.281. The molecule has 1 saturated heterocycles. The summed E-state index contributed by atoms with van der Waals surface area (Å²) in [5.41, 5.74) is 0.932. The molecule has 1 amide bonds. The van der Waals surface area contributed by atoms with Crippen molar-refractivity contribution in [3.63, 3.8) is 0 Å². The standard InChI is InChI=1S/C31H37F4N7O3/c1-5-26(43)41-14-13-40(16-21(41)9-12-36)28-22-15-20(2)42(27-23(32)7-6-8-25(27)45-31(33,34)35)17-24(22)37-29(38-28)44-19-30(10-11-30)18-39(3)4/h5-8,20-21H,1,9-11,13-19H2,2-4H3/t20?,21-/m0/s1. The van der Waals surface area contributed by atoms with Gasteiger partial charge in [0, 0.05) is 43.2 Å². The summed E-state index contributed by atoms with van der Waals surface area (Å²) in [6.45, 7) is 7.67. The number of carbonyl (C=O) groups is 1. The van der Waals surface area contributed by atoms with Gasteiger partial charge in [-0.3, -0.25) is 4.79 Å². The van der Waals surface area contributed by atoms with E-state index >= 15 is 4.39 Å². The molecule has 45 heavy (non-hydrogen) atoms. The van der Waals surface area contributed by atoms with E-state index in [1.807, 2.05) is 19.0 Å². The number of para-hydroxylation sites is 1. The van der Waals surface area contributed by atoms with Gasteiger partial charge in [0.25, 0.3) is 0 Å². The number of hydrogen-bond donors (Lipinski definition) is 0. The molecule has 14 heteroatoms. The molecule has 2 atom stereocenters. The second-order valence-corrected chi connectivity index (χ2v) is 12.3. The zero-order valence-electron chi connectivity index (χ0n) is 25.6. The average Bonchev–Trinajstić information content (AvgIpc) is 3.73. The van der Waals surface area contributed by atoms with Crippen molar-refractivity contribution >= 4 is 17.4 Å². The van der Waals surface area contributed by atoms with E-state index in [-0.39, 0.29) is 36.0 Å². The van der Waals surface area contributed by atoms with E-state index in [1.165, 1.54) is 17.0 Å². The maximum absolute atomic E-state index is 15.2. The smallest absolute Gasteiger partial charge is 0.463 e. The van der Waals surface area contributed by atoms with Gasteiger partial charge in [-0.1, -0.05) is 12.6 Å². The predicted octanol–water partition coefficient (Wildman–Crippen LogP) is 4.30. The van der Waals surface area contributed by atoms with Crippen LogP contribution in [0, 0.1) is 22.6 Å². The fourth-order valence-corrected chi connectivity index (χ4v) is 6.31. The summed E-state index contributed by atoms with van der Waals surface area (Å²) in [5, 5.41) is 9.49. The van der Waals surface area contributed by atoms with Crippen molar-refractivity contribution in [2.24, 2.45) is 5.41 Å². The van der Waals surface area contributed by atoms with Crippen LogP contribution >= 0.6 is 0 Å². The number of carbonyl (C=O) groups excluding carboxylic acids is 1. The van der Waals surface area contributed by atoms with Crippen molar-refractivity contribution in [2.45, 2.75) is 57.6 Å². The molecule has 1 aromatic carbocycles. The molecule has 10 nitrogen and oxygen atoms in total. The highest BCUT2D eigenvalue weighted by atomic mass is 19.4. The van der Waals surface area contributed by atoms with Crippen molar-refractivity contribution in [1.82, 2.24) is 19.8 Å². The number of nitrogens with zero attached hydrogens (tertiary/aromatic N) is 7. The first-order valence-electron chi connectivity index (χ1n) is 14.9. The molecule has 5 rings (SSSR count). The summed E-state index contributed by atoms with van der Waals surface area (Å²) in [6, 6.07) is 4.78. The largest absolute Gasteiger partial charge is 0.573 e. The normalized spacial score (nSPS) is 20.8. The van der Waals surface area contributed by atoms with Crippen LogP contribution < -0.4 is 19.3 Å². The highest BCUT2D eigenvalue weighted by Gasteiger charge is 2.44. The third-order valence-corrected chi connectivity index (χ3v) is 8.55. The second-order valence-electron chi connectivity index (χ2n) is 12.3. The van der Waals surface area contributed by atoms with Gasteiger partial charge < -0.3 is 29.1 Å². The summed E-state index contributed by atoms with van der Waals surface area (Å²) in [5.74, 6) is -1.16. The Morgan fingerprint density at radius 1 is 1.27 bits per heavy atom. The van der Waals surface area contributed by atoms with Gasteiger partial charge >= 0.3 is 12.4 Å². The maximum atomic E-state index is 15.2. The van der Waals surface area contributed by atoms with Crippen LogP contribution in [0.25, 0.3) is 0 Å². The molecule has 3 heterocycles. The highest BCUT2D eigenvalue weighted by Crippen LogP contribution is 2.46. The number of halogens is 4. The Labute approximate surface area is 259 Å². The number of anilines is 2. The SMILES string of the molecule is C=CC(=O)N1CCN(c2nc(OCC3(CN(C)C)CC3)nc3c2CC(C)N(c2c(F)cccc2OC(F)(F)F)C3)C[C@@H]1CC#N. The zero-order chi connectivity index (χ0) is 32.5. The van der Waals surface area contributed by atoms with Crippen LogP contribution in [0.2, 0.25) is 0 Å². The molecule has 1 unspecified atom stereocenters. The highest BCUT2D eigenvalue weighted by molar-refractivity contribution is 5.87. The first-order valence-corrected chi connectivity index (χ1v) is 14.9. The van der Waals surface area contributed by atoms with Crippen LogP contribution in [0.4, 0.5) is 29.1 Å². The Hall–Kier alpha value is -4.12. The third kappa shape index (κ3) is 7.24. The molecular weight excluding hydrogens is 594 g/mol. The van der Waals surface area contributed by atoms with Gasteiger partial charge in [-0.15, -0.1) is 13.2 Å². The van der Waals surface area contributed by atoms with E-state index in [4.69, 9.17) is 14.7 Å². The van der Waals surface area contributed by atoms with Crippen molar-refractivity contribution < 1.29 is 31.8 Å². The van der Waals surface area contributed by atoms with Gasteiger partial charge in [-0.2, -0.15) is 15.2 Å². The van der Waals surface area contributed by atoms with Crippen molar-refractivity contribution in [1.29, 1.82) is 5.26 Å².